The molecule has 1 aromatic heterocycles. The molecule has 1 heterocycles. The first kappa shape index (κ1) is 15.9. The Hall–Kier alpha value is -2.93. The van der Waals surface area contributed by atoms with Gasteiger partial charge < -0.3 is 4.74 Å². The molecule has 0 fully saturated rings. The molecule has 2 aromatic carbocycles. The Labute approximate surface area is 142 Å². The van der Waals surface area contributed by atoms with Crippen molar-refractivity contribution < 1.29 is 9.53 Å². The molecule has 0 bridgehead atoms. The van der Waals surface area contributed by atoms with E-state index in [9.17, 15) is 9.59 Å². The third kappa shape index (κ3) is 3.07. The SMILES string of the molecule is COC(=O)c1ccc(Cn2nnn(-c3ccccc3Cl)c2=O)cc1. The highest BCUT2D eigenvalue weighted by atomic mass is 35.5. The number of para-hydroxylation sites is 1. The molecule has 0 amide bonds. The number of aromatic nitrogens is 4. The summed E-state index contributed by atoms with van der Waals surface area (Å²) >= 11 is 6.08. The second-order valence-corrected chi connectivity index (χ2v) is 5.38. The number of esters is 1. The summed E-state index contributed by atoms with van der Waals surface area (Å²) in [5, 5.41) is 8.14. The Morgan fingerprint density at radius 2 is 1.83 bits per heavy atom. The van der Waals surface area contributed by atoms with Crippen LogP contribution in [0.2, 0.25) is 5.02 Å². The number of carbonyl (C=O) groups is 1. The van der Waals surface area contributed by atoms with E-state index < -0.39 is 11.7 Å². The molecule has 0 aliphatic rings. The monoisotopic (exact) mass is 344 g/mol. The fourth-order valence-corrected chi connectivity index (χ4v) is 2.40. The molecule has 122 valence electrons. The van der Waals surface area contributed by atoms with Crippen LogP contribution in [0.1, 0.15) is 15.9 Å². The Balaban J connectivity index is 1.86. The zero-order valence-electron chi connectivity index (χ0n) is 12.7. The zero-order valence-corrected chi connectivity index (χ0v) is 13.5. The lowest BCUT2D eigenvalue weighted by molar-refractivity contribution is 0.0600. The largest absolute Gasteiger partial charge is 0.465 e. The van der Waals surface area contributed by atoms with Crippen molar-refractivity contribution in [3.05, 3.63) is 75.2 Å². The van der Waals surface area contributed by atoms with Crippen LogP contribution in [0, 0.1) is 0 Å². The second kappa shape index (κ2) is 6.67. The van der Waals surface area contributed by atoms with Gasteiger partial charge in [0.1, 0.15) is 0 Å². The minimum Gasteiger partial charge on any atom is -0.465 e. The molecule has 0 unspecified atom stereocenters. The van der Waals surface area contributed by atoms with Crippen LogP contribution in [0.4, 0.5) is 0 Å². The van der Waals surface area contributed by atoms with Crippen LogP contribution in [-0.2, 0) is 11.3 Å². The first-order valence-electron chi connectivity index (χ1n) is 7.05. The van der Waals surface area contributed by atoms with Crippen molar-refractivity contribution in [3.63, 3.8) is 0 Å². The second-order valence-electron chi connectivity index (χ2n) is 4.97. The first-order valence-corrected chi connectivity index (χ1v) is 7.43. The summed E-state index contributed by atoms with van der Waals surface area (Å²) < 4.78 is 7.01. The van der Waals surface area contributed by atoms with Gasteiger partial charge in [0.2, 0.25) is 0 Å². The normalized spacial score (nSPS) is 10.6. The van der Waals surface area contributed by atoms with Gasteiger partial charge in [-0.1, -0.05) is 35.9 Å². The molecule has 0 spiro atoms. The molecule has 0 N–H and O–H groups in total. The van der Waals surface area contributed by atoms with Crippen molar-refractivity contribution >= 4 is 17.6 Å². The van der Waals surface area contributed by atoms with Crippen LogP contribution >= 0.6 is 11.6 Å². The molecule has 24 heavy (non-hydrogen) atoms. The third-order valence-electron chi connectivity index (χ3n) is 3.43. The topological polar surface area (TPSA) is 79.0 Å². The molecule has 7 nitrogen and oxygen atoms in total. The maximum absolute atomic E-state index is 12.4. The van der Waals surface area contributed by atoms with Gasteiger partial charge in [-0.3, -0.25) is 0 Å². The lowest BCUT2D eigenvalue weighted by atomic mass is 10.1. The predicted octanol–water partition coefficient (Wildman–Crippen LogP) is 1.92. The van der Waals surface area contributed by atoms with E-state index in [1.165, 1.54) is 11.8 Å². The van der Waals surface area contributed by atoms with Gasteiger partial charge in [-0.25, -0.2) is 9.59 Å². The van der Waals surface area contributed by atoms with E-state index in [0.717, 1.165) is 10.2 Å². The van der Waals surface area contributed by atoms with Gasteiger partial charge in [-0.2, -0.15) is 9.36 Å². The van der Waals surface area contributed by atoms with Gasteiger partial charge >= 0.3 is 11.7 Å². The van der Waals surface area contributed by atoms with Crippen molar-refractivity contribution in [2.24, 2.45) is 0 Å². The minimum atomic E-state index is -0.414. The maximum Gasteiger partial charge on any atom is 0.368 e. The van der Waals surface area contributed by atoms with Crippen molar-refractivity contribution in [1.29, 1.82) is 0 Å². The first-order chi connectivity index (χ1) is 11.6. The number of methoxy groups -OCH3 is 1. The average Bonchev–Trinajstić information content (AvgIpc) is 2.96. The van der Waals surface area contributed by atoms with E-state index in [4.69, 9.17) is 11.6 Å². The number of benzene rings is 2. The number of nitrogens with zero attached hydrogens (tertiary/aromatic N) is 4. The average molecular weight is 345 g/mol. The quantitative estimate of drug-likeness (QED) is 0.675. The molecule has 0 aliphatic carbocycles. The Morgan fingerprint density at radius 1 is 1.12 bits per heavy atom. The fraction of sp³-hybridized carbons (Fsp3) is 0.125. The Kier molecular flexibility index (Phi) is 4.43. The number of rotatable bonds is 4. The highest BCUT2D eigenvalue weighted by Crippen LogP contribution is 2.16. The molecule has 3 rings (SSSR count). The van der Waals surface area contributed by atoms with Gasteiger partial charge in [0, 0.05) is 0 Å². The molecule has 8 heteroatoms. The summed E-state index contributed by atoms with van der Waals surface area (Å²) in [6.07, 6.45) is 0. The van der Waals surface area contributed by atoms with Crippen LogP contribution < -0.4 is 5.69 Å². The van der Waals surface area contributed by atoms with E-state index in [0.29, 0.717) is 16.3 Å². The Morgan fingerprint density at radius 3 is 2.50 bits per heavy atom. The maximum atomic E-state index is 12.4. The Bertz CT molecular complexity index is 931. The van der Waals surface area contributed by atoms with Gasteiger partial charge in [0.15, 0.2) is 0 Å². The molecule has 0 radical (unpaired) electrons. The van der Waals surface area contributed by atoms with Crippen molar-refractivity contribution in [1.82, 2.24) is 19.8 Å². The van der Waals surface area contributed by atoms with Gasteiger partial charge in [-0.05, 0) is 40.3 Å². The number of hydrogen-bond acceptors (Lipinski definition) is 5. The van der Waals surface area contributed by atoms with E-state index in [1.807, 2.05) is 0 Å². The van der Waals surface area contributed by atoms with Crippen molar-refractivity contribution in [2.45, 2.75) is 6.54 Å². The number of hydrogen-bond donors (Lipinski definition) is 0. The lowest BCUT2D eigenvalue weighted by Gasteiger charge is -2.02. The summed E-state index contributed by atoms with van der Waals surface area (Å²) in [4.78, 5) is 23.8. The van der Waals surface area contributed by atoms with E-state index in [2.05, 4.69) is 15.2 Å². The molecule has 0 aliphatic heterocycles. The van der Waals surface area contributed by atoms with Gasteiger partial charge in [0.05, 0.1) is 29.9 Å². The predicted molar refractivity (Wildman–Crippen MR) is 87.5 cm³/mol. The van der Waals surface area contributed by atoms with E-state index in [1.54, 1.807) is 48.5 Å². The lowest BCUT2D eigenvalue weighted by Crippen LogP contribution is -2.25. The van der Waals surface area contributed by atoms with Crippen molar-refractivity contribution in [3.8, 4) is 5.69 Å². The summed E-state index contributed by atoms with van der Waals surface area (Å²) in [7, 11) is 1.32. The van der Waals surface area contributed by atoms with Crippen molar-refractivity contribution in [2.75, 3.05) is 7.11 Å². The van der Waals surface area contributed by atoms with E-state index in [-0.39, 0.29) is 6.54 Å². The molecule has 0 saturated heterocycles. The highest BCUT2D eigenvalue weighted by molar-refractivity contribution is 6.32. The van der Waals surface area contributed by atoms with Crippen LogP contribution in [0.3, 0.4) is 0 Å². The minimum absolute atomic E-state index is 0.227. The smallest absolute Gasteiger partial charge is 0.368 e. The summed E-state index contributed by atoms with van der Waals surface area (Å²) in [6, 6.07) is 13.6. The van der Waals surface area contributed by atoms with E-state index >= 15 is 0 Å². The highest BCUT2D eigenvalue weighted by Gasteiger charge is 2.12. The van der Waals surface area contributed by atoms with Gasteiger partial charge in [0.25, 0.3) is 0 Å². The number of tetrazole rings is 1. The molecule has 0 saturated carbocycles. The van der Waals surface area contributed by atoms with Crippen LogP contribution in [0.5, 0.6) is 0 Å². The summed E-state index contributed by atoms with van der Waals surface area (Å²) in [6.45, 7) is 0.227. The number of carbonyl (C=O) groups excluding carboxylic acids is 1. The summed E-state index contributed by atoms with van der Waals surface area (Å²) in [5.74, 6) is -0.414. The van der Waals surface area contributed by atoms with Crippen LogP contribution in [0.25, 0.3) is 5.69 Å². The van der Waals surface area contributed by atoms with Crippen LogP contribution in [-0.4, -0.2) is 32.9 Å². The third-order valence-corrected chi connectivity index (χ3v) is 3.75. The molecular weight excluding hydrogens is 332 g/mol. The zero-order chi connectivity index (χ0) is 17.1. The fourth-order valence-electron chi connectivity index (χ4n) is 2.19. The number of ether oxygens (including phenoxy) is 1. The van der Waals surface area contributed by atoms with Crippen LogP contribution in [0.15, 0.2) is 53.3 Å². The van der Waals surface area contributed by atoms with Gasteiger partial charge in [-0.15, -0.1) is 0 Å². The standard InChI is InChI=1S/C16H13ClN4O3/c1-24-15(22)12-8-6-11(7-9-12)10-20-16(23)21(19-18-20)14-5-3-2-4-13(14)17/h2-9H,10H2,1H3. The summed E-state index contributed by atoms with van der Waals surface area (Å²) in [5.41, 5.74) is 1.31. The molecule has 0 atom stereocenters. The number of halogens is 1. The molecule has 3 aromatic rings. The molecular formula is C16H13ClN4O3.